The average molecular weight is 1680 g/mol. The molecule has 118 heavy (non-hydrogen) atoms. The number of halogens is 2. The number of hydrogen-bond donors (Lipinski definition) is 1. The van der Waals surface area contributed by atoms with E-state index in [0.717, 1.165) is 106 Å². The van der Waals surface area contributed by atoms with Gasteiger partial charge in [0.15, 0.2) is 0 Å². The molecule has 0 amide bonds. The second-order valence-corrected chi connectivity index (χ2v) is 34.6. The number of para-hydroxylation sites is 9. The predicted molar refractivity (Wildman–Crippen MR) is 516 cm³/mol. The van der Waals surface area contributed by atoms with Crippen molar-refractivity contribution in [3.63, 3.8) is 0 Å². The maximum atomic E-state index is 3.62. The van der Waals surface area contributed by atoms with E-state index in [1.807, 2.05) is 30.3 Å². The summed E-state index contributed by atoms with van der Waals surface area (Å²) in [5.74, 6) is 0. The third-order valence-corrected chi connectivity index (χ3v) is 26.9. The van der Waals surface area contributed by atoms with E-state index in [-0.39, 0.29) is 0 Å². The molecule has 0 bridgehead atoms. The quantitative estimate of drug-likeness (QED) is 0.0868. The van der Waals surface area contributed by atoms with Crippen molar-refractivity contribution in [2.75, 3.05) is 29.8 Å². The summed E-state index contributed by atoms with van der Waals surface area (Å²) in [6, 6.07) is 171. The van der Waals surface area contributed by atoms with Gasteiger partial charge in [0.05, 0.1) is 0 Å². The largest absolute Gasteiger partial charge is 0.356 e. The van der Waals surface area contributed by atoms with Gasteiger partial charge < -0.3 is 29.8 Å². The van der Waals surface area contributed by atoms with Gasteiger partial charge in [0.2, 0.25) is 0 Å². The molecule has 0 saturated carbocycles. The van der Waals surface area contributed by atoms with Crippen molar-refractivity contribution in [1.29, 1.82) is 0 Å². The summed E-state index contributed by atoms with van der Waals surface area (Å²) in [5.41, 5.74) is 18.5. The first kappa shape index (κ1) is 75.7. The molecule has 566 valence electrons. The van der Waals surface area contributed by atoms with Gasteiger partial charge in [-0.2, -0.15) is 0 Å². The van der Waals surface area contributed by atoms with Crippen molar-refractivity contribution in [1.82, 2.24) is 0 Å². The molecule has 20 aromatic rings. The van der Waals surface area contributed by atoms with Crippen molar-refractivity contribution >= 4 is 186 Å². The zero-order valence-electron chi connectivity index (χ0n) is 64.5. The monoisotopic (exact) mass is 1680 g/mol. The van der Waals surface area contributed by atoms with Crippen LogP contribution in [0.25, 0.3) is 52.6 Å². The number of fused-ring (bicyclic) bond motifs is 6. The predicted octanol–water partition coefficient (Wildman–Crippen LogP) is 34.2. The molecule has 2 aromatic heterocycles. The Kier molecular flexibility index (Phi) is 22.8. The van der Waals surface area contributed by atoms with Crippen LogP contribution in [0, 0.1) is 0 Å². The summed E-state index contributed by atoms with van der Waals surface area (Å²) >= 11 is 7.24. The lowest BCUT2D eigenvalue weighted by molar-refractivity contribution is 1.24. The molecule has 0 aliphatic carbocycles. The highest BCUT2D eigenvalue weighted by molar-refractivity contribution is 9.11. The van der Waals surface area contributed by atoms with E-state index in [1.165, 1.54) is 52.6 Å². The molecule has 0 aliphatic rings. The van der Waals surface area contributed by atoms with E-state index in [9.17, 15) is 0 Å². The van der Waals surface area contributed by atoms with Crippen molar-refractivity contribution in [3.8, 4) is 10.6 Å². The summed E-state index contributed by atoms with van der Waals surface area (Å²) in [4.78, 5) is 11.7. The van der Waals surface area contributed by atoms with Crippen molar-refractivity contribution in [2.45, 2.75) is 0 Å². The van der Waals surface area contributed by atoms with Gasteiger partial charge in [0, 0.05) is 137 Å². The number of anilines is 17. The van der Waals surface area contributed by atoms with E-state index in [2.05, 4.69) is 511 Å². The summed E-state index contributed by atoms with van der Waals surface area (Å²) in [6.45, 7) is 0. The lowest BCUT2D eigenvalue weighted by Crippen LogP contribution is -2.14. The maximum Gasteiger partial charge on any atom is 0.0491 e. The van der Waals surface area contributed by atoms with Gasteiger partial charge in [-0.1, -0.05) is 308 Å². The van der Waals surface area contributed by atoms with Gasteiger partial charge in [-0.25, -0.2) is 0 Å². The molecule has 6 nitrogen and oxygen atoms in total. The zero-order chi connectivity index (χ0) is 79.4. The molecule has 0 atom stereocenters. The van der Waals surface area contributed by atoms with E-state index in [0.29, 0.717) is 0 Å². The molecule has 1 N–H and O–H groups in total. The topological polar surface area (TPSA) is 28.2 Å². The number of nitrogens with one attached hydrogen (secondary N) is 1. The normalized spacial score (nSPS) is 11.0. The minimum atomic E-state index is -0.927. The van der Waals surface area contributed by atoms with Gasteiger partial charge in [-0.15, -0.1) is 0 Å². The smallest absolute Gasteiger partial charge is 0.0491 e. The fourth-order valence-electron chi connectivity index (χ4n) is 15.8. The molecule has 2 heterocycles. The molecular formula is C108H80Br2N6P2. The first-order valence-electron chi connectivity index (χ1n) is 39.5. The Labute approximate surface area is 708 Å². The minimum Gasteiger partial charge on any atom is -0.356 e. The van der Waals surface area contributed by atoms with Crippen LogP contribution < -0.4 is 29.8 Å². The second-order valence-electron chi connectivity index (χ2n) is 28.5. The van der Waals surface area contributed by atoms with Gasteiger partial charge >= 0.3 is 0 Å². The van der Waals surface area contributed by atoms with Crippen LogP contribution >= 0.6 is 46.9 Å². The van der Waals surface area contributed by atoms with Crippen molar-refractivity contribution < 1.29 is 0 Å². The van der Waals surface area contributed by atoms with Crippen molar-refractivity contribution in [2.24, 2.45) is 0 Å². The second kappa shape index (κ2) is 35.6. The highest BCUT2D eigenvalue weighted by Gasteiger charge is 2.25. The van der Waals surface area contributed by atoms with Crippen LogP contribution in [-0.4, -0.2) is 0 Å². The fraction of sp³-hybridized carbons (Fsp3) is 0. The lowest BCUT2D eigenvalue weighted by Gasteiger charge is -2.31. The minimum absolute atomic E-state index is 0.464. The molecule has 20 rings (SSSR count). The van der Waals surface area contributed by atoms with Crippen LogP contribution in [0.1, 0.15) is 0 Å². The zero-order valence-corrected chi connectivity index (χ0v) is 69.5. The Morgan fingerprint density at radius 2 is 0.347 bits per heavy atom. The highest BCUT2D eigenvalue weighted by atomic mass is 79.9. The van der Waals surface area contributed by atoms with Gasteiger partial charge in [0.25, 0.3) is 0 Å². The van der Waals surface area contributed by atoms with E-state index in [4.69, 9.17) is 0 Å². The third kappa shape index (κ3) is 16.5. The summed E-state index contributed by atoms with van der Waals surface area (Å²) in [6.07, 6.45) is 0. The van der Waals surface area contributed by atoms with Crippen LogP contribution in [-0.2, 0) is 0 Å². The first-order valence-corrected chi connectivity index (χ1v) is 43.8. The molecule has 0 radical (unpaired) electrons. The SMILES string of the molecule is Brc1cc(Br)cc(-p2c3ccccc3c3ccccc32)c1.c1ccc(N(c2ccccc2)c2ccc(N(c3ccccc3)c3cc(N(c4ccccc4)c4ccc(N(c5ccccc5)c5ccccc5)cc4)cc(-p4c5ccccc5c5ccccc54)c3)cc2)cc1.c1ccc(Nc2ccc(N(c3ccccc3)c3ccccc3)cc2)cc1. The van der Waals surface area contributed by atoms with Gasteiger partial charge in [0.1, 0.15) is 0 Å². The van der Waals surface area contributed by atoms with E-state index < -0.39 is 15.1 Å². The highest BCUT2D eigenvalue weighted by Crippen LogP contribution is 2.59. The molecule has 0 aliphatic heterocycles. The van der Waals surface area contributed by atoms with Crippen LogP contribution in [0.15, 0.2) is 488 Å². The standard InChI is InChI=1S/C66H49N4P.C24H20N2.C18H11Br2P/c1-7-23-50(24-8-1)67(51-25-9-2-10-26-51)56-39-43-58(44-40-56)69(54-31-15-5-16-32-54)60-47-61(49-62(48-60)71-65-37-21-19-35-63(65)64-36-20-22-38-66(64)71)70(55-33-17-6-18-34-55)59-45-41-57(42-46-59)68(52-27-11-3-12-28-52)53-29-13-4-14-30-53;1-4-10-20(11-5-1)25-21-16-18-24(19-17-21)26(22-12-6-2-7-13-22)23-14-8-3-9-15-23;19-12-9-13(20)11-14(10-12)21-17-7-3-1-5-15(17)16-6-2-4-8-18(16)21/h1-49H;1-19,25H;1-11H. The Morgan fingerprint density at radius 3 is 0.602 bits per heavy atom. The van der Waals surface area contributed by atoms with Crippen molar-refractivity contribution in [3.05, 3.63) is 488 Å². The van der Waals surface area contributed by atoms with Crippen LogP contribution in [0.2, 0.25) is 0 Å². The Balaban J connectivity index is 0.000000164. The molecule has 18 aromatic carbocycles. The third-order valence-electron chi connectivity index (χ3n) is 21.0. The van der Waals surface area contributed by atoms with Gasteiger partial charge in [-0.05, 0) is 240 Å². The van der Waals surface area contributed by atoms with Crippen LogP contribution in [0.3, 0.4) is 0 Å². The Morgan fingerprint density at radius 1 is 0.161 bits per heavy atom. The Bertz CT molecular complexity index is 6280. The first-order chi connectivity index (χ1) is 58.4. The maximum absolute atomic E-state index is 3.62. The summed E-state index contributed by atoms with van der Waals surface area (Å²) in [7, 11) is -1.39. The summed E-state index contributed by atoms with van der Waals surface area (Å²) < 4.78 is 2.24. The lowest BCUT2D eigenvalue weighted by atomic mass is 10.1. The molecule has 0 fully saturated rings. The molecule has 10 heteroatoms. The molecule has 0 spiro atoms. The number of benzene rings is 18. The summed E-state index contributed by atoms with van der Waals surface area (Å²) in [5, 5.41) is 17.2. The molecular weight excluding hydrogens is 1600 g/mol. The van der Waals surface area contributed by atoms with Gasteiger partial charge in [-0.3, -0.25) is 0 Å². The molecule has 0 saturated heterocycles. The van der Waals surface area contributed by atoms with Crippen LogP contribution in [0.5, 0.6) is 0 Å². The number of hydrogen-bond acceptors (Lipinski definition) is 6. The van der Waals surface area contributed by atoms with E-state index >= 15 is 0 Å². The Hall–Kier alpha value is -13.7. The fourth-order valence-corrected chi connectivity index (χ4v) is 22.8. The average Bonchev–Trinajstić information content (AvgIpc) is 1.57. The number of rotatable bonds is 19. The number of nitrogens with zero attached hydrogens (tertiary/aromatic N) is 5. The van der Waals surface area contributed by atoms with Crippen LogP contribution in [0.4, 0.5) is 96.7 Å². The van der Waals surface area contributed by atoms with E-state index in [1.54, 1.807) is 0 Å². The molecule has 0 unspecified atom stereocenters.